The maximum Gasteiger partial charge on any atom is 0.126 e. The molecule has 0 N–H and O–H groups in total. The van der Waals surface area contributed by atoms with Crippen molar-refractivity contribution in [2.75, 3.05) is 0 Å². The molecule has 3 heteroatoms. The SMILES string of the molecule is N#CC(Cc1ccccc1F)c1ccccc1Cl. The van der Waals surface area contributed by atoms with E-state index in [0.29, 0.717) is 17.0 Å². The highest BCUT2D eigenvalue weighted by molar-refractivity contribution is 6.31. The molecule has 0 heterocycles. The van der Waals surface area contributed by atoms with Gasteiger partial charge in [0.15, 0.2) is 0 Å². The number of benzene rings is 2. The molecule has 0 spiro atoms. The predicted octanol–water partition coefficient (Wildman–Crippen LogP) is 4.33. The van der Waals surface area contributed by atoms with E-state index in [9.17, 15) is 9.65 Å². The summed E-state index contributed by atoms with van der Waals surface area (Å²) < 4.78 is 13.6. The van der Waals surface area contributed by atoms with Crippen LogP contribution in [0.15, 0.2) is 48.5 Å². The second-order valence-electron chi connectivity index (χ2n) is 4.00. The first-order valence-electron chi connectivity index (χ1n) is 5.60. The van der Waals surface area contributed by atoms with E-state index in [0.717, 1.165) is 5.56 Å². The van der Waals surface area contributed by atoms with Crippen molar-refractivity contribution in [3.05, 3.63) is 70.5 Å². The molecule has 0 saturated carbocycles. The Morgan fingerprint density at radius 1 is 1.11 bits per heavy atom. The number of hydrogen-bond acceptors (Lipinski definition) is 1. The molecule has 0 aliphatic heterocycles. The van der Waals surface area contributed by atoms with E-state index in [4.69, 9.17) is 11.6 Å². The van der Waals surface area contributed by atoms with Crippen molar-refractivity contribution in [2.45, 2.75) is 12.3 Å². The summed E-state index contributed by atoms with van der Waals surface area (Å²) in [6.45, 7) is 0. The van der Waals surface area contributed by atoms with Crippen molar-refractivity contribution in [3.63, 3.8) is 0 Å². The van der Waals surface area contributed by atoms with Crippen LogP contribution in [0, 0.1) is 17.1 Å². The van der Waals surface area contributed by atoms with Crippen LogP contribution in [0.3, 0.4) is 0 Å². The van der Waals surface area contributed by atoms with Crippen LogP contribution in [0.2, 0.25) is 5.02 Å². The van der Waals surface area contributed by atoms with Crippen LogP contribution in [0.25, 0.3) is 0 Å². The van der Waals surface area contributed by atoms with E-state index in [2.05, 4.69) is 6.07 Å². The molecule has 0 bridgehead atoms. The molecule has 90 valence electrons. The van der Waals surface area contributed by atoms with Gasteiger partial charge in [-0.25, -0.2) is 4.39 Å². The topological polar surface area (TPSA) is 23.8 Å². The lowest BCUT2D eigenvalue weighted by atomic mass is 9.93. The molecule has 2 aromatic rings. The van der Waals surface area contributed by atoms with E-state index in [1.165, 1.54) is 6.07 Å². The summed E-state index contributed by atoms with van der Waals surface area (Å²) in [6.07, 6.45) is 0.326. The van der Waals surface area contributed by atoms with Gasteiger partial charge < -0.3 is 0 Å². The van der Waals surface area contributed by atoms with Crippen LogP contribution < -0.4 is 0 Å². The molecule has 0 saturated heterocycles. The molecule has 1 nitrogen and oxygen atoms in total. The molecule has 0 radical (unpaired) electrons. The number of nitrogens with zero attached hydrogens (tertiary/aromatic N) is 1. The zero-order valence-corrected chi connectivity index (χ0v) is 10.4. The Morgan fingerprint density at radius 3 is 2.44 bits per heavy atom. The van der Waals surface area contributed by atoms with E-state index >= 15 is 0 Å². The highest BCUT2D eigenvalue weighted by atomic mass is 35.5. The minimum atomic E-state index is -0.435. The van der Waals surface area contributed by atoms with Crippen molar-refractivity contribution < 1.29 is 4.39 Å². The van der Waals surface area contributed by atoms with Crippen LogP contribution in [-0.2, 0) is 6.42 Å². The van der Waals surface area contributed by atoms with Gasteiger partial charge in [0.25, 0.3) is 0 Å². The molecule has 0 aliphatic carbocycles. The summed E-state index contributed by atoms with van der Waals surface area (Å²) in [5.41, 5.74) is 1.27. The quantitative estimate of drug-likeness (QED) is 0.805. The van der Waals surface area contributed by atoms with Crippen LogP contribution >= 0.6 is 11.6 Å². The van der Waals surface area contributed by atoms with Gasteiger partial charge in [0.05, 0.1) is 12.0 Å². The van der Waals surface area contributed by atoms with Gasteiger partial charge in [-0.3, -0.25) is 0 Å². The molecule has 0 fully saturated rings. The van der Waals surface area contributed by atoms with Gasteiger partial charge in [-0.1, -0.05) is 48.0 Å². The maximum atomic E-state index is 13.6. The van der Waals surface area contributed by atoms with E-state index in [1.807, 2.05) is 12.1 Å². The average molecular weight is 260 g/mol. The lowest BCUT2D eigenvalue weighted by Crippen LogP contribution is -2.03. The first-order chi connectivity index (χ1) is 8.72. The standard InChI is InChI=1S/C15H11ClFN/c16-14-7-3-2-6-13(14)12(10-18)9-11-5-1-4-8-15(11)17/h1-8,12H,9H2. The molecule has 0 aliphatic rings. The Labute approximate surface area is 110 Å². The normalized spacial score (nSPS) is 11.8. The predicted molar refractivity (Wildman–Crippen MR) is 69.9 cm³/mol. The zero-order valence-electron chi connectivity index (χ0n) is 9.61. The smallest absolute Gasteiger partial charge is 0.126 e. The van der Waals surface area contributed by atoms with Crippen LogP contribution in [0.1, 0.15) is 17.0 Å². The second kappa shape index (κ2) is 5.66. The molecule has 18 heavy (non-hydrogen) atoms. The van der Waals surface area contributed by atoms with Gasteiger partial charge in [-0.15, -0.1) is 0 Å². The van der Waals surface area contributed by atoms with Crippen molar-refractivity contribution in [2.24, 2.45) is 0 Å². The first-order valence-corrected chi connectivity index (χ1v) is 5.97. The summed E-state index contributed by atoms with van der Waals surface area (Å²) in [5.74, 6) is -0.722. The molecule has 1 unspecified atom stereocenters. The molecule has 2 rings (SSSR count). The third kappa shape index (κ3) is 2.69. The van der Waals surface area contributed by atoms with Crippen LogP contribution in [0.4, 0.5) is 4.39 Å². The van der Waals surface area contributed by atoms with E-state index < -0.39 is 5.92 Å². The molecular weight excluding hydrogens is 249 g/mol. The van der Waals surface area contributed by atoms with Crippen LogP contribution in [-0.4, -0.2) is 0 Å². The maximum absolute atomic E-state index is 13.6. The van der Waals surface area contributed by atoms with Gasteiger partial charge in [-0.05, 0) is 29.7 Å². The Balaban J connectivity index is 2.30. The zero-order chi connectivity index (χ0) is 13.0. The highest BCUT2D eigenvalue weighted by Gasteiger charge is 2.16. The van der Waals surface area contributed by atoms with Crippen molar-refractivity contribution >= 4 is 11.6 Å². The molecule has 2 aromatic carbocycles. The third-order valence-electron chi connectivity index (χ3n) is 2.82. The van der Waals surface area contributed by atoms with Crippen molar-refractivity contribution in [1.82, 2.24) is 0 Å². The van der Waals surface area contributed by atoms with Gasteiger partial charge in [0, 0.05) is 5.02 Å². The van der Waals surface area contributed by atoms with Gasteiger partial charge >= 0.3 is 0 Å². The summed E-state index contributed by atoms with van der Waals surface area (Å²) in [5, 5.41) is 9.77. The first kappa shape index (κ1) is 12.6. The monoisotopic (exact) mass is 259 g/mol. The highest BCUT2D eigenvalue weighted by Crippen LogP contribution is 2.27. The lowest BCUT2D eigenvalue weighted by Gasteiger charge is -2.11. The molecule has 1 atom stereocenters. The Kier molecular flexibility index (Phi) is 3.96. The fourth-order valence-corrected chi connectivity index (χ4v) is 2.13. The van der Waals surface area contributed by atoms with E-state index in [-0.39, 0.29) is 5.82 Å². The number of rotatable bonds is 3. The fraction of sp³-hybridized carbons (Fsp3) is 0.133. The average Bonchev–Trinajstić information content (AvgIpc) is 2.39. The number of halogens is 2. The Bertz CT molecular complexity index is 589. The van der Waals surface area contributed by atoms with Crippen molar-refractivity contribution in [3.8, 4) is 6.07 Å². The van der Waals surface area contributed by atoms with Gasteiger partial charge in [-0.2, -0.15) is 5.26 Å². The lowest BCUT2D eigenvalue weighted by molar-refractivity contribution is 0.604. The third-order valence-corrected chi connectivity index (χ3v) is 3.16. The van der Waals surface area contributed by atoms with Gasteiger partial charge in [0.1, 0.15) is 5.82 Å². The minimum absolute atomic E-state index is 0.287. The minimum Gasteiger partial charge on any atom is -0.207 e. The summed E-state index contributed by atoms with van der Waals surface area (Å²) in [6, 6.07) is 15.8. The van der Waals surface area contributed by atoms with Gasteiger partial charge in [0.2, 0.25) is 0 Å². The summed E-state index contributed by atoms with van der Waals surface area (Å²) in [7, 11) is 0. The summed E-state index contributed by atoms with van der Waals surface area (Å²) in [4.78, 5) is 0. The largest absolute Gasteiger partial charge is 0.207 e. The van der Waals surface area contributed by atoms with Crippen LogP contribution in [0.5, 0.6) is 0 Å². The van der Waals surface area contributed by atoms with Crippen molar-refractivity contribution in [1.29, 1.82) is 5.26 Å². The molecule has 0 aromatic heterocycles. The van der Waals surface area contributed by atoms with E-state index in [1.54, 1.807) is 30.3 Å². The second-order valence-corrected chi connectivity index (χ2v) is 4.41. The fourth-order valence-electron chi connectivity index (χ4n) is 1.87. The number of nitriles is 1. The molecular formula is C15H11ClFN. The number of hydrogen-bond donors (Lipinski definition) is 0. The summed E-state index contributed by atoms with van der Waals surface area (Å²) >= 11 is 6.06. The Morgan fingerprint density at radius 2 is 1.78 bits per heavy atom. The molecule has 0 amide bonds. The Hall–Kier alpha value is -1.85.